The van der Waals surface area contributed by atoms with Crippen LogP contribution in [0.4, 0.5) is 4.79 Å². The average Bonchev–Trinajstić information content (AvgIpc) is 2.83. The van der Waals surface area contributed by atoms with Gasteiger partial charge < -0.3 is 20.6 Å². The molecular weight excluding hydrogens is 250 g/mol. The predicted molar refractivity (Wildman–Crippen MR) is 68.5 cm³/mol. The average molecular weight is 269 g/mol. The van der Waals surface area contributed by atoms with Gasteiger partial charge in [-0.3, -0.25) is 9.59 Å². The summed E-state index contributed by atoms with van der Waals surface area (Å²) in [7, 11) is 3.13. The first-order chi connectivity index (χ1) is 8.93. The molecule has 0 bridgehead atoms. The van der Waals surface area contributed by atoms with Gasteiger partial charge in [-0.15, -0.1) is 0 Å². The van der Waals surface area contributed by atoms with Crippen LogP contribution in [-0.2, 0) is 9.59 Å². The van der Waals surface area contributed by atoms with Crippen LogP contribution in [0.3, 0.4) is 0 Å². The first-order valence-corrected chi connectivity index (χ1v) is 6.07. The fraction of sp³-hybridized carbons (Fsp3) is 0.583. The van der Waals surface area contributed by atoms with Gasteiger partial charge in [0.2, 0.25) is 5.91 Å². The molecule has 1 aliphatic rings. The van der Waals surface area contributed by atoms with Crippen molar-refractivity contribution in [2.45, 2.75) is 18.9 Å². The number of carboxylic acid groups (broad SMARTS) is 1. The smallest absolute Gasteiger partial charge is 0.317 e. The number of hydrogen-bond donors (Lipinski definition) is 3. The lowest BCUT2D eigenvalue weighted by Crippen LogP contribution is -2.43. The van der Waals surface area contributed by atoms with Crippen LogP contribution >= 0.6 is 0 Å². The summed E-state index contributed by atoms with van der Waals surface area (Å²) >= 11 is 0. The number of rotatable bonds is 5. The molecule has 3 amide bonds. The van der Waals surface area contributed by atoms with Crippen LogP contribution < -0.4 is 10.6 Å². The van der Waals surface area contributed by atoms with Crippen LogP contribution in [0.25, 0.3) is 0 Å². The third kappa shape index (κ3) is 4.61. The second-order valence-electron chi connectivity index (χ2n) is 4.47. The van der Waals surface area contributed by atoms with Gasteiger partial charge in [0.15, 0.2) is 0 Å². The fourth-order valence-corrected chi connectivity index (χ4v) is 1.75. The fourth-order valence-electron chi connectivity index (χ4n) is 1.75. The molecule has 3 N–H and O–H groups in total. The molecule has 0 aliphatic heterocycles. The van der Waals surface area contributed by atoms with Crippen molar-refractivity contribution in [2.75, 3.05) is 20.6 Å². The van der Waals surface area contributed by atoms with Gasteiger partial charge in [-0.25, -0.2) is 4.79 Å². The van der Waals surface area contributed by atoms with Crippen LogP contribution in [0, 0.1) is 5.92 Å². The molecule has 106 valence electrons. The van der Waals surface area contributed by atoms with Crippen LogP contribution in [0.15, 0.2) is 12.2 Å². The largest absolute Gasteiger partial charge is 0.481 e. The summed E-state index contributed by atoms with van der Waals surface area (Å²) in [6.07, 6.45) is 3.87. The molecular formula is C12H19N3O4. The van der Waals surface area contributed by atoms with E-state index in [1.165, 1.54) is 11.9 Å². The van der Waals surface area contributed by atoms with E-state index in [4.69, 9.17) is 5.11 Å². The summed E-state index contributed by atoms with van der Waals surface area (Å²) in [5.74, 6) is -1.56. The van der Waals surface area contributed by atoms with Gasteiger partial charge in [0, 0.05) is 27.1 Å². The zero-order valence-electron chi connectivity index (χ0n) is 11.0. The van der Waals surface area contributed by atoms with Crippen molar-refractivity contribution in [3.8, 4) is 0 Å². The molecule has 0 aromatic carbocycles. The number of carboxylic acids is 1. The molecule has 0 aromatic rings. The van der Waals surface area contributed by atoms with Gasteiger partial charge in [-0.2, -0.15) is 0 Å². The molecule has 0 aromatic heterocycles. The third-order valence-corrected chi connectivity index (χ3v) is 3.01. The van der Waals surface area contributed by atoms with E-state index in [1.54, 1.807) is 19.2 Å². The maximum atomic E-state index is 11.8. The lowest BCUT2D eigenvalue weighted by atomic mass is 10.1. The number of nitrogens with zero attached hydrogens (tertiary/aromatic N) is 1. The van der Waals surface area contributed by atoms with Crippen molar-refractivity contribution < 1.29 is 19.5 Å². The molecule has 0 radical (unpaired) electrons. The number of urea groups is 1. The maximum absolute atomic E-state index is 11.8. The third-order valence-electron chi connectivity index (χ3n) is 3.01. The number of carbonyl (C=O) groups excluding carboxylic acids is 2. The molecule has 7 heteroatoms. The van der Waals surface area contributed by atoms with E-state index in [1.807, 2.05) is 0 Å². The van der Waals surface area contributed by atoms with E-state index in [2.05, 4.69) is 10.6 Å². The Morgan fingerprint density at radius 2 is 2.05 bits per heavy atom. The van der Waals surface area contributed by atoms with Gasteiger partial charge in [-0.05, 0) is 6.42 Å². The zero-order valence-corrected chi connectivity index (χ0v) is 11.0. The zero-order chi connectivity index (χ0) is 14.4. The van der Waals surface area contributed by atoms with E-state index in [9.17, 15) is 14.4 Å². The highest BCUT2D eigenvalue weighted by atomic mass is 16.4. The molecule has 7 nitrogen and oxygen atoms in total. The number of nitrogens with one attached hydrogen (secondary N) is 2. The molecule has 0 heterocycles. The number of carbonyl (C=O) groups is 3. The molecule has 1 aliphatic carbocycles. The van der Waals surface area contributed by atoms with E-state index in [-0.39, 0.29) is 24.4 Å². The van der Waals surface area contributed by atoms with E-state index >= 15 is 0 Å². The van der Waals surface area contributed by atoms with Crippen molar-refractivity contribution in [2.24, 2.45) is 5.92 Å². The molecule has 0 fully saturated rings. The van der Waals surface area contributed by atoms with E-state index in [0.29, 0.717) is 13.0 Å². The minimum Gasteiger partial charge on any atom is -0.481 e. The topological polar surface area (TPSA) is 98.7 Å². The highest BCUT2D eigenvalue weighted by Gasteiger charge is 2.26. The Morgan fingerprint density at radius 1 is 1.37 bits per heavy atom. The van der Waals surface area contributed by atoms with Crippen molar-refractivity contribution >= 4 is 17.9 Å². The van der Waals surface area contributed by atoms with Crippen LogP contribution in [0.1, 0.15) is 12.8 Å². The van der Waals surface area contributed by atoms with Gasteiger partial charge in [-0.1, -0.05) is 12.2 Å². The second kappa shape index (κ2) is 6.77. The Balaban J connectivity index is 2.33. The van der Waals surface area contributed by atoms with Gasteiger partial charge in [0.05, 0.1) is 12.0 Å². The summed E-state index contributed by atoms with van der Waals surface area (Å²) in [6, 6.07) is -0.583. The molecule has 2 atom stereocenters. The van der Waals surface area contributed by atoms with Gasteiger partial charge in [0.25, 0.3) is 0 Å². The van der Waals surface area contributed by atoms with Crippen LogP contribution in [0.5, 0.6) is 0 Å². The predicted octanol–water partition coefficient (Wildman–Crippen LogP) is -0.207. The van der Waals surface area contributed by atoms with Crippen LogP contribution in [0.2, 0.25) is 0 Å². The number of hydrogen-bond acceptors (Lipinski definition) is 3. The monoisotopic (exact) mass is 269 g/mol. The van der Waals surface area contributed by atoms with Gasteiger partial charge in [0.1, 0.15) is 0 Å². The lowest BCUT2D eigenvalue weighted by Gasteiger charge is -2.20. The Hall–Kier alpha value is -2.05. The summed E-state index contributed by atoms with van der Waals surface area (Å²) in [4.78, 5) is 35.0. The van der Waals surface area contributed by atoms with Crippen molar-refractivity contribution in [1.29, 1.82) is 0 Å². The first kappa shape index (κ1) is 15.0. The molecule has 0 saturated carbocycles. The van der Waals surface area contributed by atoms with Crippen molar-refractivity contribution in [3.63, 3.8) is 0 Å². The Morgan fingerprint density at radius 3 is 2.58 bits per heavy atom. The number of aliphatic carboxylic acids is 1. The maximum Gasteiger partial charge on any atom is 0.317 e. The molecule has 0 saturated heterocycles. The highest BCUT2D eigenvalue weighted by molar-refractivity contribution is 5.78. The van der Waals surface area contributed by atoms with E-state index in [0.717, 1.165) is 0 Å². The quantitative estimate of drug-likeness (QED) is 0.601. The summed E-state index contributed by atoms with van der Waals surface area (Å²) in [6.45, 7) is 0.310. The van der Waals surface area contributed by atoms with Crippen molar-refractivity contribution in [1.82, 2.24) is 15.5 Å². The summed E-state index contributed by atoms with van der Waals surface area (Å²) < 4.78 is 0. The minimum absolute atomic E-state index is 0.133. The molecule has 2 unspecified atom stereocenters. The SMILES string of the molecule is CNC(=O)CCN(C)C(=O)NC1C=CC(C(=O)O)C1. The van der Waals surface area contributed by atoms with Crippen LogP contribution in [-0.4, -0.2) is 54.6 Å². The summed E-state index contributed by atoms with van der Waals surface area (Å²) in [5, 5.41) is 14.0. The molecule has 1 rings (SSSR count). The molecule has 0 spiro atoms. The Bertz CT molecular complexity index is 394. The Labute approximate surface area is 111 Å². The van der Waals surface area contributed by atoms with E-state index < -0.39 is 11.9 Å². The number of amides is 3. The second-order valence-corrected chi connectivity index (χ2v) is 4.47. The standard InChI is InChI=1S/C12H19N3O4/c1-13-10(16)5-6-15(2)12(19)14-9-4-3-8(7-9)11(17)18/h3-4,8-9H,5-7H2,1-2H3,(H,13,16)(H,14,19)(H,17,18). The summed E-state index contributed by atoms with van der Waals surface area (Å²) in [5.41, 5.74) is 0. The lowest BCUT2D eigenvalue weighted by molar-refractivity contribution is -0.140. The highest BCUT2D eigenvalue weighted by Crippen LogP contribution is 2.17. The molecule has 19 heavy (non-hydrogen) atoms. The Kier molecular flexibility index (Phi) is 5.35. The van der Waals surface area contributed by atoms with Crippen molar-refractivity contribution in [3.05, 3.63) is 12.2 Å². The van der Waals surface area contributed by atoms with Gasteiger partial charge >= 0.3 is 12.0 Å². The minimum atomic E-state index is -0.888. The normalized spacial score (nSPS) is 20.9. The first-order valence-electron chi connectivity index (χ1n) is 6.07.